The van der Waals surface area contributed by atoms with Crippen LogP contribution in [0.5, 0.6) is 0 Å². The molecule has 0 saturated carbocycles. The lowest BCUT2D eigenvalue weighted by Crippen LogP contribution is -2.61. The van der Waals surface area contributed by atoms with E-state index in [0.717, 1.165) is 28.4 Å². The number of nitrogens with zero attached hydrogens (tertiary/aromatic N) is 3. The van der Waals surface area contributed by atoms with Crippen molar-refractivity contribution >= 4 is 85.1 Å². The Kier molecular flexibility index (Phi) is 6.60. The first-order valence-corrected chi connectivity index (χ1v) is 17.2. The monoisotopic (exact) mass is 637 g/mol. The Hall–Kier alpha value is -6.52. The SMILES string of the molecule is c1ccc(N(c2ccccc2)c2cc3c4c(c2)N(c2ccc5ccccc5c2)c2ccccc2B4c2ccccc2N3c2ccccc2)cc1. The van der Waals surface area contributed by atoms with Crippen LogP contribution in [0.15, 0.2) is 194 Å². The Morgan fingerprint density at radius 3 is 1.42 bits per heavy atom. The van der Waals surface area contributed by atoms with E-state index in [4.69, 9.17) is 0 Å². The van der Waals surface area contributed by atoms with Gasteiger partial charge in [0.15, 0.2) is 0 Å². The molecule has 4 heteroatoms. The van der Waals surface area contributed by atoms with Gasteiger partial charge < -0.3 is 14.7 Å². The van der Waals surface area contributed by atoms with E-state index in [1.807, 2.05) is 0 Å². The van der Waals surface area contributed by atoms with Crippen LogP contribution in [0.4, 0.5) is 51.2 Å². The van der Waals surface area contributed by atoms with Gasteiger partial charge in [-0.05, 0) is 100.0 Å². The predicted molar refractivity (Wildman–Crippen MR) is 213 cm³/mol. The average molecular weight is 638 g/mol. The zero-order valence-electron chi connectivity index (χ0n) is 27.4. The molecule has 0 atom stereocenters. The van der Waals surface area contributed by atoms with Gasteiger partial charge in [0.2, 0.25) is 0 Å². The number of hydrogen-bond donors (Lipinski definition) is 0. The van der Waals surface area contributed by atoms with E-state index < -0.39 is 0 Å². The van der Waals surface area contributed by atoms with E-state index in [9.17, 15) is 0 Å². The second-order valence-corrected chi connectivity index (χ2v) is 13.0. The lowest BCUT2D eigenvalue weighted by atomic mass is 9.33. The average Bonchev–Trinajstić information content (AvgIpc) is 3.19. The molecule has 0 amide bonds. The third kappa shape index (κ3) is 4.46. The van der Waals surface area contributed by atoms with Gasteiger partial charge in [-0.3, -0.25) is 0 Å². The smallest absolute Gasteiger partial charge is 0.252 e. The zero-order valence-corrected chi connectivity index (χ0v) is 27.4. The van der Waals surface area contributed by atoms with Crippen LogP contribution in [0, 0.1) is 0 Å². The molecule has 2 aliphatic rings. The van der Waals surface area contributed by atoms with Crippen LogP contribution < -0.4 is 31.1 Å². The molecule has 0 N–H and O–H groups in total. The molecule has 2 aliphatic heterocycles. The highest BCUT2D eigenvalue weighted by Crippen LogP contribution is 2.48. The molecule has 0 aliphatic carbocycles. The highest BCUT2D eigenvalue weighted by Gasteiger charge is 2.43. The molecule has 8 aromatic carbocycles. The molecule has 0 spiro atoms. The van der Waals surface area contributed by atoms with Crippen molar-refractivity contribution in [2.24, 2.45) is 0 Å². The Morgan fingerprint density at radius 1 is 0.340 bits per heavy atom. The molecule has 0 unspecified atom stereocenters. The number of rotatable bonds is 5. The van der Waals surface area contributed by atoms with Crippen LogP contribution in [0.25, 0.3) is 10.8 Å². The molecule has 2 heterocycles. The Balaban J connectivity index is 1.33. The fourth-order valence-electron chi connectivity index (χ4n) is 8.06. The van der Waals surface area contributed by atoms with E-state index >= 15 is 0 Å². The first kappa shape index (κ1) is 28.5. The fourth-order valence-corrected chi connectivity index (χ4v) is 8.06. The van der Waals surface area contributed by atoms with E-state index in [0.29, 0.717) is 0 Å². The summed E-state index contributed by atoms with van der Waals surface area (Å²) >= 11 is 0. The summed E-state index contributed by atoms with van der Waals surface area (Å²) in [6.45, 7) is 0.0695. The first-order chi connectivity index (χ1) is 24.8. The van der Waals surface area contributed by atoms with Gasteiger partial charge in [-0.1, -0.05) is 121 Å². The molecule has 50 heavy (non-hydrogen) atoms. The topological polar surface area (TPSA) is 9.72 Å². The summed E-state index contributed by atoms with van der Waals surface area (Å²) in [5.74, 6) is 0. The van der Waals surface area contributed by atoms with Crippen molar-refractivity contribution in [3.05, 3.63) is 194 Å². The van der Waals surface area contributed by atoms with Crippen molar-refractivity contribution in [2.45, 2.75) is 0 Å². The summed E-state index contributed by atoms with van der Waals surface area (Å²) in [4.78, 5) is 7.34. The van der Waals surface area contributed by atoms with Crippen molar-refractivity contribution < 1.29 is 0 Å². The molecule has 0 fully saturated rings. The minimum absolute atomic E-state index is 0.0695. The quantitative estimate of drug-likeness (QED) is 0.174. The molecule has 8 aromatic rings. The highest BCUT2D eigenvalue weighted by atomic mass is 15.2. The van der Waals surface area contributed by atoms with E-state index in [2.05, 4.69) is 209 Å². The molecule has 0 aromatic heterocycles. The number of benzene rings is 8. The van der Waals surface area contributed by atoms with Crippen molar-refractivity contribution in [1.29, 1.82) is 0 Å². The van der Waals surface area contributed by atoms with E-state index in [1.54, 1.807) is 0 Å². The summed E-state index contributed by atoms with van der Waals surface area (Å²) < 4.78 is 0. The molecule has 10 rings (SSSR count). The largest absolute Gasteiger partial charge is 0.311 e. The molecule has 0 bridgehead atoms. The number of para-hydroxylation sites is 5. The Labute approximate surface area is 293 Å². The lowest BCUT2D eigenvalue weighted by molar-refractivity contribution is 1.23. The fraction of sp³-hybridized carbons (Fsp3) is 0. The Bertz CT molecular complexity index is 2480. The number of anilines is 9. The zero-order chi connectivity index (χ0) is 33.0. The maximum absolute atomic E-state index is 2.49. The molecule has 3 nitrogen and oxygen atoms in total. The van der Waals surface area contributed by atoms with Gasteiger partial charge in [0.25, 0.3) is 6.71 Å². The van der Waals surface area contributed by atoms with Crippen molar-refractivity contribution in [2.75, 3.05) is 14.7 Å². The van der Waals surface area contributed by atoms with Crippen LogP contribution >= 0.6 is 0 Å². The van der Waals surface area contributed by atoms with Gasteiger partial charge in [-0.25, -0.2) is 0 Å². The van der Waals surface area contributed by atoms with Crippen LogP contribution in [0.3, 0.4) is 0 Å². The third-order valence-corrected chi connectivity index (χ3v) is 10.2. The lowest BCUT2D eigenvalue weighted by Gasteiger charge is -2.45. The number of hydrogen-bond acceptors (Lipinski definition) is 3. The maximum Gasteiger partial charge on any atom is 0.252 e. The molecular formula is C46H32BN3. The Morgan fingerprint density at radius 2 is 0.820 bits per heavy atom. The molecule has 234 valence electrons. The minimum atomic E-state index is 0.0695. The normalized spacial score (nSPS) is 12.7. The summed E-state index contributed by atoms with van der Waals surface area (Å²) in [7, 11) is 0. The highest BCUT2D eigenvalue weighted by molar-refractivity contribution is 7.00. The summed E-state index contributed by atoms with van der Waals surface area (Å²) in [5.41, 5.74) is 14.3. The van der Waals surface area contributed by atoms with Gasteiger partial charge in [-0.2, -0.15) is 0 Å². The van der Waals surface area contributed by atoms with Gasteiger partial charge in [0.1, 0.15) is 0 Å². The maximum atomic E-state index is 2.49. The van der Waals surface area contributed by atoms with Gasteiger partial charge in [0.05, 0.1) is 5.69 Å². The second kappa shape index (κ2) is 11.6. The van der Waals surface area contributed by atoms with Crippen LogP contribution in [0.1, 0.15) is 0 Å². The summed E-state index contributed by atoms with van der Waals surface area (Å²) in [5, 5.41) is 2.46. The van der Waals surface area contributed by atoms with Crippen LogP contribution in [0.2, 0.25) is 0 Å². The van der Waals surface area contributed by atoms with Crippen LogP contribution in [-0.2, 0) is 0 Å². The summed E-state index contributed by atoms with van der Waals surface area (Å²) in [6, 6.07) is 70.5. The first-order valence-electron chi connectivity index (χ1n) is 17.2. The van der Waals surface area contributed by atoms with E-state index in [1.165, 1.54) is 49.9 Å². The molecule has 0 radical (unpaired) electrons. The number of fused-ring (bicyclic) bond motifs is 5. The van der Waals surface area contributed by atoms with E-state index in [-0.39, 0.29) is 6.71 Å². The molecule has 0 saturated heterocycles. The van der Waals surface area contributed by atoms with Gasteiger partial charge >= 0.3 is 0 Å². The van der Waals surface area contributed by atoms with Gasteiger partial charge in [0, 0.05) is 45.5 Å². The molecular weight excluding hydrogens is 605 g/mol. The predicted octanol–water partition coefficient (Wildman–Crippen LogP) is 10.4. The third-order valence-electron chi connectivity index (χ3n) is 10.2. The second-order valence-electron chi connectivity index (χ2n) is 13.0. The standard InChI is InChI=1S/C46H32BN3/c1-4-18-35(19-5-1)48(36-20-6-2-7-21-36)39-31-44-46-45(32-39)50(38-29-28-33-16-10-11-17-34(33)30-38)43-27-15-13-25-41(43)47(46)40-24-12-14-26-42(40)49(44)37-22-8-3-9-23-37/h1-32H. The van der Waals surface area contributed by atoms with Crippen molar-refractivity contribution in [3.63, 3.8) is 0 Å². The minimum Gasteiger partial charge on any atom is -0.311 e. The van der Waals surface area contributed by atoms with Gasteiger partial charge in [-0.15, -0.1) is 0 Å². The van der Waals surface area contributed by atoms with Crippen LogP contribution in [-0.4, -0.2) is 6.71 Å². The van der Waals surface area contributed by atoms with Crippen molar-refractivity contribution in [1.82, 2.24) is 0 Å². The van der Waals surface area contributed by atoms with Crippen molar-refractivity contribution in [3.8, 4) is 0 Å². The summed E-state index contributed by atoms with van der Waals surface area (Å²) in [6.07, 6.45) is 0.